The minimum Gasteiger partial charge on any atom is -0.421 e. The number of sulfonamides is 1. The molecule has 1 fully saturated rings. The summed E-state index contributed by atoms with van der Waals surface area (Å²) in [5.41, 5.74) is 2.81. The highest BCUT2D eigenvalue weighted by Gasteiger charge is 2.36. The molecule has 10 heteroatoms. The van der Waals surface area contributed by atoms with Gasteiger partial charge in [0.05, 0.1) is 16.3 Å². The minimum absolute atomic E-state index is 0.224. The molecule has 0 N–H and O–H groups in total. The molecule has 8 nitrogen and oxygen atoms in total. The van der Waals surface area contributed by atoms with Crippen LogP contribution in [0.3, 0.4) is 0 Å². The van der Waals surface area contributed by atoms with Crippen molar-refractivity contribution in [3.05, 3.63) is 46.6 Å². The molecule has 160 valence electrons. The van der Waals surface area contributed by atoms with Crippen LogP contribution in [-0.4, -0.2) is 53.7 Å². The average molecular weight is 450 g/mol. The molecule has 1 aliphatic rings. The van der Waals surface area contributed by atoms with Crippen molar-refractivity contribution in [1.82, 2.24) is 19.1 Å². The summed E-state index contributed by atoms with van der Waals surface area (Å²) >= 11 is 6.31. The molecule has 1 saturated heterocycles. The molecule has 3 heterocycles. The second kappa shape index (κ2) is 7.72. The summed E-state index contributed by atoms with van der Waals surface area (Å²) in [6, 6.07) is 7.61. The number of para-hydroxylation sites is 1. The fourth-order valence-corrected chi connectivity index (χ4v) is 6.05. The fraction of sp³-hybridized carbons (Fsp3) is 0.400. The van der Waals surface area contributed by atoms with Crippen LogP contribution in [0.15, 0.2) is 33.6 Å². The highest BCUT2D eigenvalue weighted by Crippen LogP contribution is 2.36. The van der Waals surface area contributed by atoms with E-state index in [1.807, 2.05) is 42.8 Å². The van der Waals surface area contributed by atoms with Gasteiger partial charge in [0, 0.05) is 51.5 Å². The SMILES string of the molecule is Cc1nnc(-c2c(S(=O)(=O)N3CCN(c4ccccc4Cl)CC3)c(C)n(C)c2C)o1. The van der Waals surface area contributed by atoms with E-state index in [4.69, 9.17) is 16.0 Å². The van der Waals surface area contributed by atoms with Gasteiger partial charge in [-0.15, -0.1) is 10.2 Å². The predicted octanol–water partition coefficient (Wildman–Crippen LogP) is 3.16. The maximum absolute atomic E-state index is 13.7. The van der Waals surface area contributed by atoms with Crippen LogP contribution in [0.4, 0.5) is 5.69 Å². The summed E-state index contributed by atoms with van der Waals surface area (Å²) in [5.74, 6) is 0.615. The molecule has 3 aromatic rings. The van der Waals surface area contributed by atoms with Crippen molar-refractivity contribution in [1.29, 1.82) is 0 Å². The molecular weight excluding hydrogens is 426 g/mol. The van der Waals surface area contributed by atoms with E-state index in [0.29, 0.717) is 48.3 Å². The van der Waals surface area contributed by atoms with Crippen LogP contribution in [0.2, 0.25) is 5.02 Å². The highest BCUT2D eigenvalue weighted by molar-refractivity contribution is 7.89. The summed E-state index contributed by atoms with van der Waals surface area (Å²) in [6.07, 6.45) is 0. The maximum Gasteiger partial charge on any atom is 0.250 e. The lowest BCUT2D eigenvalue weighted by Gasteiger charge is -2.35. The van der Waals surface area contributed by atoms with Crippen LogP contribution >= 0.6 is 11.6 Å². The Morgan fingerprint density at radius 3 is 2.27 bits per heavy atom. The zero-order valence-electron chi connectivity index (χ0n) is 17.4. The van der Waals surface area contributed by atoms with Gasteiger partial charge >= 0.3 is 0 Å². The molecule has 0 unspecified atom stereocenters. The van der Waals surface area contributed by atoms with Gasteiger partial charge in [0.2, 0.25) is 15.9 Å². The molecule has 0 aliphatic carbocycles. The molecule has 0 saturated carbocycles. The van der Waals surface area contributed by atoms with Crippen molar-refractivity contribution in [3.8, 4) is 11.5 Å². The topological polar surface area (TPSA) is 84.5 Å². The van der Waals surface area contributed by atoms with Crippen LogP contribution in [0.1, 0.15) is 17.3 Å². The first-order valence-corrected chi connectivity index (χ1v) is 11.5. The number of nitrogens with zero attached hydrogens (tertiary/aromatic N) is 5. The van der Waals surface area contributed by atoms with Crippen LogP contribution in [0.5, 0.6) is 0 Å². The van der Waals surface area contributed by atoms with Crippen LogP contribution < -0.4 is 4.90 Å². The number of rotatable bonds is 4. The Morgan fingerprint density at radius 1 is 1.00 bits per heavy atom. The molecule has 2 aromatic heterocycles. The van der Waals surface area contributed by atoms with Gasteiger partial charge in [-0.25, -0.2) is 8.42 Å². The molecule has 30 heavy (non-hydrogen) atoms. The number of hydrogen-bond acceptors (Lipinski definition) is 6. The van der Waals surface area contributed by atoms with E-state index in [0.717, 1.165) is 11.4 Å². The number of aromatic nitrogens is 3. The number of halogens is 1. The Balaban J connectivity index is 1.67. The predicted molar refractivity (Wildman–Crippen MR) is 115 cm³/mol. The van der Waals surface area contributed by atoms with Gasteiger partial charge in [0.1, 0.15) is 4.90 Å². The molecule has 1 aliphatic heterocycles. The molecule has 0 atom stereocenters. The third-order valence-electron chi connectivity index (χ3n) is 5.69. The Morgan fingerprint density at radius 2 is 1.67 bits per heavy atom. The van der Waals surface area contributed by atoms with E-state index < -0.39 is 10.0 Å². The summed E-state index contributed by atoms with van der Waals surface area (Å²) in [5, 5.41) is 8.62. The summed E-state index contributed by atoms with van der Waals surface area (Å²) in [6.45, 7) is 7.19. The Labute approximate surface area is 181 Å². The van der Waals surface area contributed by atoms with Crippen LogP contribution in [0.25, 0.3) is 11.5 Å². The first kappa shape index (κ1) is 20.9. The van der Waals surface area contributed by atoms with E-state index >= 15 is 0 Å². The minimum atomic E-state index is -3.75. The van der Waals surface area contributed by atoms with E-state index in [9.17, 15) is 8.42 Å². The lowest BCUT2D eigenvalue weighted by molar-refractivity contribution is 0.384. The number of anilines is 1. The van der Waals surface area contributed by atoms with Gasteiger partial charge in [-0.05, 0) is 26.0 Å². The Hall–Kier alpha value is -2.36. The second-order valence-electron chi connectivity index (χ2n) is 7.40. The molecule has 4 rings (SSSR count). The molecule has 1 aromatic carbocycles. The fourth-order valence-electron chi connectivity index (χ4n) is 3.89. The van der Waals surface area contributed by atoms with Crippen molar-refractivity contribution in [2.75, 3.05) is 31.1 Å². The standard InChI is InChI=1S/C20H24ClN5O3S/c1-13-18(20-23-22-15(3)29-20)19(14(2)24(13)4)30(27,28)26-11-9-25(10-12-26)17-8-6-5-7-16(17)21/h5-8H,9-12H2,1-4H3. The average Bonchev–Trinajstić information content (AvgIpc) is 3.25. The zero-order chi connectivity index (χ0) is 21.6. The van der Waals surface area contributed by atoms with Gasteiger partial charge in [0.15, 0.2) is 0 Å². The largest absolute Gasteiger partial charge is 0.421 e. The van der Waals surface area contributed by atoms with Gasteiger partial charge in [-0.1, -0.05) is 23.7 Å². The summed E-state index contributed by atoms with van der Waals surface area (Å²) in [7, 11) is -1.92. The summed E-state index contributed by atoms with van der Waals surface area (Å²) < 4.78 is 36.3. The monoisotopic (exact) mass is 449 g/mol. The normalized spacial score (nSPS) is 15.7. The molecule has 0 amide bonds. The van der Waals surface area contributed by atoms with Crippen LogP contribution in [-0.2, 0) is 17.1 Å². The van der Waals surface area contributed by atoms with Crippen molar-refractivity contribution in [3.63, 3.8) is 0 Å². The lowest BCUT2D eigenvalue weighted by Crippen LogP contribution is -2.48. The van der Waals surface area contributed by atoms with E-state index in [1.54, 1.807) is 13.8 Å². The van der Waals surface area contributed by atoms with Crippen molar-refractivity contribution in [2.24, 2.45) is 7.05 Å². The van der Waals surface area contributed by atoms with Gasteiger partial charge in [-0.2, -0.15) is 4.31 Å². The number of hydrogen-bond donors (Lipinski definition) is 0. The zero-order valence-corrected chi connectivity index (χ0v) is 19.0. The highest BCUT2D eigenvalue weighted by atomic mass is 35.5. The number of benzene rings is 1. The van der Waals surface area contributed by atoms with Gasteiger partial charge in [0.25, 0.3) is 5.89 Å². The van der Waals surface area contributed by atoms with Crippen LogP contribution in [0, 0.1) is 20.8 Å². The lowest BCUT2D eigenvalue weighted by atomic mass is 10.2. The first-order chi connectivity index (χ1) is 14.2. The number of piperazine rings is 1. The van der Waals surface area contributed by atoms with Crippen molar-refractivity contribution >= 4 is 27.3 Å². The Kier molecular flexibility index (Phi) is 5.37. The maximum atomic E-state index is 13.7. The molecule has 0 radical (unpaired) electrons. The molecule has 0 bridgehead atoms. The van der Waals surface area contributed by atoms with Gasteiger partial charge in [-0.3, -0.25) is 0 Å². The number of aryl methyl sites for hydroxylation is 1. The quantitative estimate of drug-likeness (QED) is 0.608. The van der Waals surface area contributed by atoms with Crippen molar-refractivity contribution < 1.29 is 12.8 Å². The molecule has 0 spiro atoms. The van der Waals surface area contributed by atoms with E-state index in [2.05, 4.69) is 15.1 Å². The summed E-state index contributed by atoms with van der Waals surface area (Å²) in [4.78, 5) is 2.34. The second-order valence-corrected chi connectivity index (χ2v) is 9.68. The van der Waals surface area contributed by atoms with Gasteiger partial charge < -0.3 is 13.9 Å². The molecular formula is C20H24ClN5O3S. The third-order valence-corrected chi connectivity index (χ3v) is 8.07. The smallest absolute Gasteiger partial charge is 0.250 e. The third kappa shape index (κ3) is 3.40. The Bertz CT molecular complexity index is 1190. The first-order valence-electron chi connectivity index (χ1n) is 9.67. The van der Waals surface area contributed by atoms with E-state index in [1.165, 1.54) is 4.31 Å². The van der Waals surface area contributed by atoms with E-state index in [-0.39, 0.29) is 10.8 Å². The van der Waals surface area contributed by atoms with Crippen molar-refractivity contribution in [2.45, 2.75) is 25.7 Å².